The lowest BCUT2D eigenvalue weighted by Gasteiger charge is -2.18. The molecule has 0 amide bonds. The summed E-state index contributed by atoms with van der Waals surface area (Å²) in [7, 11) is 0. The van der Waals surface area contributed by atoms with Gasteiger partial charge in [-0.15, -0.1) is 0 Å². The molecule has 0 unspecified atom stereocenters. The van der Waals surface area contributed by atoms with Crippen molar-refractivity contribution in [1.29, 1.82) is 0 Å². The molecule has 0 spiro atoms. The molecule has 1 aromatic heterocycles. The third kappa shape index (κ3) is 4.47. The summed E-state index contributed by atoms with van der Waals surface area (Å²) in [4.78, 5) is 0. The first-order valence-electron chi connectivity index (χ1n) is 28.1. The van der Waals surface area contributed by atoms with E-state index >= 15 is 0 Å². The maximum atomic E-state index is 9.86. The Hall–Kier alpha value is -6.44. The highest BCUT2D eigenvalue weighted by Crippen LogP contribution is 2.45. The van der Waals surface area contributed by atoms with Gasteiger partial charge in [0.25, 0.3) is 0 Å². The van der Waals surface area contributed by atoms with Crippen molar-refractivity contribution < 1.29 is 41.4 Å². The highest BCUT2D eigenvalue weighted by Gasteiger charge is 2.18. The Balaban J connectivity index is 1.39. The van der Waals surface area contributed by atoms with E-state index in [1.54, 1.807) is 0 Å². The average Bonchev–Trinajstić information content (AvgIpc) is 3.87. The first kappa shape index (κ1) is 11.9. The third-order valence-corrected chi connectivity index (χ3v) is 8.08. The van der Waals surface area contributed by atoms with Crippen molar-refractivity contribution in [2.75, 3.05) is 0 Å². The molecule has 0 radical (unpaired) electrons. The molecule has 228 valence electrons. The Bertz CT molecular complexity index is 4320. The fraction of sp³-hybridized carbons (Fsp3) is 0. The van der Waals surface area contributed by atoms with Crippen LogP contribution in [-0.4, -0.2) is 0 Å². The smallest absolute Gasteiger partial charge is 0.143 e. The number of furan rings is 1. The number of hydrogen-bond acceptors (Lipinski definition) is 1. The van der Waals surface area contributed by atoms with Crippen LogP contribution in [0.4, 0.5) is 0 Å². The molecule has 1 nitrogen and oxygen atoms in total. The minimum Gasteiger partial charge on any atom is -0.455 e. The van der Waals surface area contributed by atoms with Crippen LogP contribution in [0, 0.1) is 0 Å². The minimum absolute atomic E-state index is 0.0204. The standard InChI is InChI=1S/C48H30O/c1-2-12-31(13-3-1)33-15-10-17-36(28-33)46-40-20-6-8-22-42(40)47(43-23-9-7-21-41(43)46)37-18-11-16-34(29-37)35-25-26-39-44-27-24-32-14-4-5-19-38(32)48(44)49-45(39)30-35/h1-30H/i1D,2D,3D,4D,5D,6D,7D,8D,9D,10D,11D,12D,13D,14D,15D,16D,17D,18D,19D,20D,21D,22D,23D,24D,27D,28D,29D. The summed E-state index contributed by atoms with van der Waals surface area (Å²) < 4.78 is 247. The van der Waals surface area contributed by atoms with Crippen LogP contribution in [0.5, 0.6) is 0 Å². The highest BCUT2D eigenvalue weighted by molar-refractivity contribution is 6.22. The van der Waals surface area contributed by atoms with Crippen LogP contribution in [0.1, 0.15) is 37.0 Å². The van der Waals surface area contributed by atoms with Gasteiger partial charge in [0.15, 0.2) is 0 Å². The van der Waals surface area contributed by atoms with E-state index < -0.39 is 224 Å². The van der Waals surface area contributed by atoms with Gasteiger partial charge in [0.05, 0.1) is 37.0 Å². The zero-order chi connectivity index (χ0) is 55.8. The van der Waals surface area contributed by atoms with E-state index in [0.29, 0.717) is 0 Å². The Kier molecular flexibility index (Phi) is 2.69. The van der Waals surface area contributed by atoms with Gasteiger partial charge in [-0.3, -0.25) is 0 Å². The predicted octanol–water partition coefficient (Wildman–Crippen LogP) is 13.7. The average molecular weight is 650 g/mol. The first-order chi connectivity index (χ1) is 35.5. The summed E-state index contributed by atoms with van der Waals surface area (Å²) in [5.41, 5.74) is -5.36. The molecule has 0 aliphatic heterocycles. The summed E-state index contributed by atoms with van der Waals surface area (Å²) in [6.07, 6.45) is 0. The lowest BCUT2D eigenvalue weighted by molar-refractivity contribution is 0.673. The van der Waals surface area contributed by atoms with E-state index in [1.807, 2.05) is 0 Å². The third-order valence-electron chi connectivity index (χ3n) is 8.08. The van der Waals surface area contributed by atoms with Gasteiger partial charge in [0.1, 0.15) is 11.2 Å². The SMILES string of the molecule is [2H]c1c([2H])c([2H])c(-c2c([2H])c([2H])c([2H])c(-c3c4c([2H])c([2H])c([2H])c([2H])c4c(-c4c([2H])c([2H])c([2H])c(-c5ccc6c(c5)oc5c7c([2H])c([2H])c([2H])c([2H])c7c([2H])c([2H])c65)c4[2H])c4c([2H])c([2H])c([2H])c([2H])c34)c2[2H])c([2H])c1[2H]. The highest BCUT2D eigenvalue weighted by atomic mass is 16.3. The van der Waals surface area contributed by atoms with Crippen molar-refractivity contribution in [3.8, 4) is 44.5 Å². The van der Waals surface area contributed by atoms with Crippen molar-refractivity contribution >= 4 is 54.3 Å². The minimum atomic E-state index is -1.03. The Morgan fingerprint density at radius 1 is 0.347 bits per heavy atom. The summed E-state index contributed by atoms with van der Waals surface area (Å²) >= 11 is 0. The molecule has 0 fully saturated rings. The van der Waals surface area contributed by atoms with Gasteiger partial charge in [-0.1, -0.05) is 151 Å². The summed E-state index contributed by atoms with van der Waals surface area (Å²) in [5.74, 6) is 0. The summed E-state index contributed by atoms with van der Waals surface area (Å²) in [6.45, 7) is 0. The molecular weight excluding hydrogens is 593 g/mol. The van der Waals surface area contributed by atoms with E-state index in [2.05, 4.69) is 0 Å². The molecule has 1 heterocycles. The number of benzene rings is 9. The molecule has 10 rings (SSSR count). The van der Waals surface area contributed by atoms with Gasteiger partial charge >= 0.3 is 0 Å². The fourth-order valence-electron chi connectivity index (χ4n) is 5.96. The van der Waals surface area contributed by atoms with Crippen LogP contribution in [-0.2, 0) is 0 Å². The number of fused-ring (bicyclic) bond motifs is 7. The maximum Gasteiger partial charge on any atom is 0.143 e. The zero-order valence-electron chi connectivity index (χ0n) is 51.6. The molecule has 0 aliphatic rings. The van der Waals surface area contributed by atoms with Crippen molar-refractivity contribution in [3.63, 3.8) is 0 Å². The molecule has 1 heteroatoms. The number of hydrogen-bond donors (Lipinski definition) is 0. The van der Waals surface area contributed by atoms with Gasteiger partial charge in [-0.25, -0.2) is 0 Å². The normalized spacial score (nSPS) is 19.4. The van der Waals surface area contributed by atoms with Crippen LogP contribution in [0.15, 0.2) is 186 Å². The second kappa shape index (κ2) is 11.1. The number of rotatable bonds is 4. The molecule has 0 bridgehead atoms. The van der Waals surface area contributed by atoms with Crippen LogP contribution in [0.3, 0.4) is 0 Å². The lowest BCUT2D eigenvalue weighted by Crippen LogP contribution is -1.91. The topological polar surface area (TPSA) is 13.1 Å². The molecule has 9 aromatic carbocycles. The Morgan fingerprint density at radius 2 is 0.857 bits per heavy atom. The molecule has 0 saturated carbocycles. The van der Waals surface area contributed by atoms with Gasteiger partial charge in [-0.05, 0) is 102 Å². The van der Waals surface area contributed by atoms with E-state index in [1.165, 1.54) is 18.2 Å². The second-order valence-corrected chi connectivity index (χ2v) is 10.8. The first-order valence-corrected chi connectivity index (χ1v) is 14.6. The summed E-state index contributed by atoms with van der Waals surface area (Å²) in [6, 6.07) is -19.3. The summed E-state index contributed by atoms with van der Waals surface area (Å²) in [5, 5.41) is -3.21. The Morgan fingerprint density at radius 3 is 1.49 bits per heavy atom. The quantitative estimate of drug-likeness (QED) is 0.173. The van der Waals surface area contributed by atoms with Gasteiger partial charge < -0.3 is 4.42 Å². The molecule has 0 saturated heterocycles. The maximum absolute atomic E-state index is 9.86. The van der Waals surface area contributed by atoms with E-state index in [4.69, 9.17) is 29.1 Å². The van der Waals surface area contributed by atoms with Gasteiger partial charge in [0.2, 0.25) is 0 Å². The van der Waals surface area contributed by atoms with Gasteiger partial charge in [-0.2, -0.15) is 0 Å². The molecular formula is C48H30O. The van der Waals surface area contributed by atoms with Crippen molar-refractivity contribution in [2.24, 2.45) is 0 Å². The Labute approximate surface area is 322 Å². The molecule has 49 heavy (non-hydrogen) atoms. The lowest BCUT2D eigenvalue weighted by atomic mass is 9.85. The zero-order valence-corrected chi connectivity index (χ0v) is 24.6. The molecule has 0 aliphatic carbocycles. The van der Waals surface area contributed by atoms with Gasteiger partial charge in [0, 0.05) is 16.2 Å². The van der Waals surface area contributed by atoms with Crippen LogP contribution >= 0.6 is 0 Å². The van der Waals surface area contributed by atoms with E-state index in [-0.39, 0.29) is 38.3 Å². The fourth-order valence-corrected chi connectivity index (χ4v) is 5.96. The predicted molar refractivity (Wildman–Crippen MR) is 208 cm³/mol. The van der Waals surface area contributed by atoms with Crippen molar-refractivity contribution in [2.45, 2.75) is 0 Å². The molecule has 0 N–H and O–H groups in total. The van der Waals surface area contributed by atoms with Crippen LogP contribution in [0.2, 0.25) is 0 Å². The van der Waals surface area contributed by atoms with E-state index in [9.17, 15) is 12.3 Å². The van der Waals surface area contributed by atoms with E-state index in [0.717, 1.165) is 0 Å². The molecule has 0 atom stereocenters. The largest absolute Gasteiger partial charge is 0.455 e. The second-order valence-electron chi connectivity index (χ2n) is 10.8. The monoisotopic (exact) mass is 649 g/mol. The van der Waals surface area contributed by atoms with Crippen molar-refractivity contribution in [3.05, 3.63) is 181 Å². The van der Waals surface area contributed by atoms with Crippen LogP contribution in [0.25, 0.3) is 98.8 Å². The van der Waals surface area contributed by atoms with Crippen LogP contribution < -0.4 is 0 Å². The van der Waals surface area contributed by atoms with Crippen molar-refractivity contribution in [1.82, 2.24) is 0 Å². The molecule has 10 aromatic rings.